The molecule has 3 N–H and O–H groups in total. The molecule has 1 aromatic carbocycles. The van der Waals surface area contributed by atoms with E-state index in [-0.39, 0.29) is 10.6 Å². The Labute approximate surface area is 184 Å². The van der Waals surface area contributed by atoms with Crippen LogP contribution in [0.2, 0.25) is 0 Å². The first-order valence-electron chi connectivity index (χ1n) is 9.32. The minimum absolute atomic E-state index is 0.0252. The molecular weight excluding hydrogens is 440 g/mol. The molecule has 1 amide bonds. The highest BCUT2D eigenvalue weighted by Gasteiger charge is 2.23. The number of hydrogen-bond acceptors (Lipinski definition) is 7. The molecule has 3 aromatic rings. The molecule has 3 rings (SSSR count). The van der Waals surface area contributed by atoms with E-state index in [4.69, 9.17) is 9.88 Å². The standard InChI is InChI=1S/C20H22N4O5S2/c1-13(18(25)22-11-10-14-6-8-15(9-7-14)31(21,27)28)29-19(26)17-16-5-3-4-12-24(16)20(23-17)30-2/h3-9,12-13H,10-11H2,1-2H3,(H,22,25)(H2,21,27,28). The number of primary sulfonamides is 1. The third-order valence-electron chi connectivity index (χ3n) is 4.51. The summed E-state index contributed by atoms with van der Waals surface area (Å²) < 4.78 is 29.6. The number of carbonyl (C=O) groups excluding carboxylic acids is 2. The van der Waals surface area contributed by atoms with Gasteiger partial charge in [-0.2, -0.15) is 0 Å². The molecule has 0 bridgehead atoms. The quantitative estimate of drug-likeness (QED) is 0.384. The summed E-state index contributed by atoms with van der Waals surface area (Å²) >= 11 is 1.40. The molecule has 0 aliphatic carbocycles. The summed E-state index contributed by atoms with van der Waals surface area (Å²) in [6.07, 6.45) is 3.13. The monoisotopic (exact) mass is 462 g/mol. The lowest BCUT2D eigenvalue weighted by molar-refractivity contribution is -0.129. The van der Waals surface area contributed by atoms with E-state index in [9.17, 15) is 18.0 Å². The first kappa shape index (κ1) is 22.8. The Morgan fingerprint density at radius 1 is 1.23 bits per heavy atom. The number of aromatic nitrogens is 2. The van der Waals surface area contributed by atoms with Gasteiger partial charge in [0.25, 0.3) is 5.91 Å². The maximum Gasteiger partial charge on any atom is 0.360 e. The lowest BCUT2D eigenvalue weighted by Gasteiger charge is -2.13. The number of amides is 1. The van der Waals surface area contributed by atoms with Gasteiger partial charge in [0.15, 0.2) is 17.0 Å². The van der Waals surface area contributed by atoms with Crippen LogP contribution in [0, 0.1) is 0 Å². The highest BCUT2D eigenvalue weighted by molar-refractivity contribution is 7.98. The Morgan fingerprint density at radius 3 is 2.58 bits per heavy atom. The zero-order valence-corrected chi connectivity index (χ0v) is 18.6. The van der Waals surface area contributed by atoms with Crippen molar-refractivity contribution in [2.45, 2.75) is 29.5 Å². The Morgan fingerprint density at radius 2 is 1.94 bits per heavy atom. The fraction of sp³-hybridized carbons (Fsp3) is 0.250. The Bertz CT molecular complexity index is 1210. The molecule has 0 aliphatic rings. The molecule has 164 valence electrons. The number of ether oxygens (including phenoxy) is 1. The largest absolute Gasteiger partial charge is 0.448 e. The lowest BCUT2D eigenvalue weighted by atomic mass is 10.1. The van der Waals surface area contributed by atoms with Crippen LogP contribution < -0.4 is 10.5 Å². The molecule has 11 heteroatoms. The topological polar surface area (TPSA) is 133 Å². The third-order valence-corrected chi connectivity index (χ3v) is 6.09. The van der Waals surface area contributed by atoms with E-state index >= 15 is 0 Å². The summed E-state index contributed by atoms with van der Waals surface area (Å²) in [5, 5.41) is 8.41. The molecule has 1 atom stereocenters. The van der Waals surface area contributed by atoms with E-state index < -0.39 is 28.0 Å². The van der Waals surface area contributed by atoms with E-state index in [0.717, 1.165) is 5.56 Å². The van der Waals surface area contributed by atoms with Crippen molar-refractivity contribution < 1.29 is 22.7 Å². The first-order valence-corrected chi connectivity index (χ1v) is 12.1. The van der Waals surface area contributed by atoms with Crippen LogP contribution in [0.1, 0.15) is 23.0 Å². The molecule has 31 heavy (non-hydrogen) atoms. The molecule has 0 saturated heterocycles. The summed E-state index contributed by atoms with van der Waals surface area (Å²) in [7, 11) is -3.74. The molecule has 0 spiro atoms. The van der Waals surface area contributed by atoms with Crippen LogP contribution in [0.4, 0.5) is 0 Å². The number of carbonyl (C=O) groups is 2. The number of benzene rings is 1. The highest BCUT2D eigenvalue weighted by Crippen LogP contribution is 2.20. The smallest absolute Gasteiger partial charge is 0.360 e. The summed E-state index contributed by atoms with van der Waals surface area (Å²) in [6, 6.07) is 11.5. The van der Waals surface area contributed by atoms with E-state index in [0.29, 0.717) is 23.6 Å². The number of sulfonamides is 1. The van der Waals surface area contributed by atoms with Gasteiger partial charge in [0.1, 0.15) is 0 Å². The second-order valence-electron chi connectivity index (χ2n) is 6.68. The van der Waals surface area contributed by atoms with Crippen molar-refractivity contribution in [2.24, 2.45) is 5.14 Å². The van der Waals surface area contributed by atoms with Gasteiger partial charge in [0.2, 0.25) is 10.0 Å². The number of nitrogens with two attached hydrogens (primary N) is 1. The first-order chi connectivity index (χ1) is 14.7. The van der Waals surface area contributed by atoms with Gasteiger partial charge in [0, 0.05) is 12.7 Å². The fourth-order valence-corrected chi connectivity index (χ4v) is 3.95. The van der Waals surface area contributed by atoms with E-state index in [1.807, 2.05) is 12.3 Å². The normalized spacial score (nSPS) is 12.5. The zero-order valence-electron chi connectivity index (χ0n) is 16.9. The number of nitrogens with one attached hydrogen (secondary N) is 1. The van der Waals surface area contributed by atoms with Crippen molar-refractivity contribution in [3.05, 3.63) is 59.9 Å². The van der Waals surface area contributed by atoms with Crippen molar-refractivity contribution in [1.82, 2.24) is 14.7 Å². The third kappa shape index (κ3) is 5.43. The van der Waals surface area contributed by atoms with Crippen molar-refractivity contribution in [3.8, 4) is 0 Å². The van der Waals surface area contributed by atoms with Gasteiger partial charge in [-0.3, -0.25) is 9.20 Å². The van der Waals surface area contributed by atoms with E-state index in [1.165, 1.54) is 30.8 Å². The van der Waals surface area contributed by atoms with Crippen LogP contribution >= 0.6 is 11.8 Å². The molecule has 2 aromatic heterocycles. The zero-order chi connectivity index (χ0) is 22.6. The SMILES string of the molecule is CSc1nc(C(=O)OC(C)C(=O)NCCc2ccc(S(N)(=O)=O)cc2)c2ccccn12. The number of rotatable bonds is 8. The second kappa shape index (κ2) is 9.50. The Kier molecular flexibility index (Phi) is 6.98. The maximum atomic E-state index is 12.6. The van der Waals surface area contributed by atoms with E-state index in [2.05, 4.69) is 10.3 Å². The minimum atomic E-state index is -3.74. The van der Waals surface area contributed by atoms with Crippen molar-refractivity contribution in [2.75, 3.05) is 12.8 Å². The molecule has 0 saturated carbocycles. The molecule has 0 aliphatic heterocycles. The number of nitrogens with zero attached hydrogens (tertiary/aromatic N) is 2. The minimum Gasteiger partial charge on any atom is -0.448 e. The van der Waals surface area contributed by atoms with Crippen molar-refractivity contribution in [1.29, 1.82) is 0 Å². The van der Waals surface area contributed by atoms with Gasteiger partial charge in [-0.1, -0.05) is 30.0 Å². The highest BCUT2D eigenvalue weighted by atomic mass is 32.2. The summed E-state index contributed by atoms with van der Waals surface area (Å²) in [5.41, 5.74) is 1.58. The number of hydrogen-bond donors (Lipinski definition) is 2. The molecule has 2 heterocycles. The molecular formula is C20H22N4O5S2. The molecule has 0 fully saturated rings. The molecule has 9 nitrogen and oxygen atoms in total. The number of esters is 1. The van der Waals surface area contributed by atoms with Crippen LogP contribution in [0.25, 0.3) is 5.52 Å². The van der Waals surface area contributed by atoms with Gasteiger partial charge >= 0.3 is 5.97 Å². The van der Waals surface area contributed by atoms with Crippen LogP contribution in [-0.4, -0.2) is 48.6 Å². The van der Waals surface area contributed by atoms with Crippen molar-refractivity contribution >= 4 is 39.2 Å². The van der Waals surface area contributed by atoms with Gasteiger partial charge in [0.05, 0.1) is 10.4 Å². The fourth-order valence-electron chi connectivity index (χ4n) is 2.89. The maximum absolute atomic E-state index is 12.6. The molecule has 1 unspecified atom stereocenters. The van der Waals surface area contributed by atoms with Gasteiger partial charge < -0.3 is 10.1 Å². The predicted octanol–water partition coefficient (Wildman–Crippen LogP) is 1.61. The number of pyridine rings is 1. The summed E-state index contributed by atoms with van der Waals surface area (Å²) in [5.74, 6) is -1.12. The average Bonchev–Trinajstić information content (AvgIpc) is 3.12. The lowest BCUT2D eigenvalue weighted by Crippen LogP contribution is -2.37. The van der Waals surface area contributed by atoms with Crippen molar-refractivity contribution in [3.63, 3.8) is 0 Å². The summed E-state index contributed by atoms with van der Waals surface area (Å²) in [4.78, 5) is 29.2. The van der Waals surface area contributed by atoms with Gasteiger partial charge in [-0.25, -0.2) is 23.3 Å². The van der Waals surface area contributed by atoms with Gasteiger partial charge in [-0.15, -0.1) is 0 Å². The average molecular weight is 463 g/mol. The number of thioether (sulfide) groups is 1. The van der Waals surface area contributed by atoms with E-state index in [1.54, 1.807) is 34.9 Å². The number of fused-ring (bicyclic) bond motifs is 1. The molecule has 0 radical (unpaired) electrons. The van der Waals surface area contributed by atoms with Crippen LogP contribution in [0.15, 0.2) is 58.7 Å². The van der Waals surface area contributed by atoms with Gasteiger partial charge in [-0.05, 0) is 49.4 Å². The number of imidazole rings is 1. The van der Waals surface area contributed by atoms with Crippen LogP contribution in [0.5, 0.6) is 0 Å². The predicted molar refractivity (Wildman–Crippen MR) is 116 cm³/mol. The van der Waals surface area contributed by atoms with Crippen LogP contribution in [0.3, 0.4) is 0 Å². The Hall–Kier alpha value is -2.89. The Balaban J connectivity index is 1.55. The summed E-state index contributed by atoms with van der Waals surface area (Å²) in [6.45, 7) is 1.78. The van der Waals surface area contributed by atoms with Crippen LogP contribution in [-0.2, 0) is 26.0 Å². The second-order valence-corrected chi connectivity index (χ2v) is 9.02.